The van der Waals surface area contributed by atoms with E-state index < -0.39 is 0 Å². The average molecular weight is 207 g/mol. The number of aryl methyl sites for hydroxylation is 1. The molecule has 0 aromatic carbocycles. The molecule has 0 atom stereocenters. The number of nitrogens with two attached hydrogens (primary N) is 1. The van der Waals surface area contributed by atoms with Gasteiger partial charge in [-0.25, -0.2) is 4.98 Å². The zero-order valence-corrected chi connectivity index (χ0v) is 9.74. The highest BCUT2D eigenvalue weighted by Gasteiger charge is 2.23. The summed E-state index contributed by atoms with van der Waals surface area (Å²) < 4.78 is 2.04. The van der Waals surface area contributed by atoms with E-state index in [4.69, 9.17) is 5.73 Å². The van der Waals surface area contributed by atoms with Crippen LogP contribution in [0.4, 0.5) is 5.82 Å². The van der Waals surface area contributed by atoms with Gasteiger partial charge in [-0.1, -0.05) is 19.8 Å². The molecule has 0 spiro atoms. The molecule has 1 aliphatic rings. The topological polar surface area (TPSA) is 43.8 Å². The van der Waals surface area contributed by atoms with Crippen LogP contribution in [0.25, 0.3) is 0 Å². The second-order valence-corrected chi connectivity index (χ2v) is 4.76. The van der Waals surface area contributed by atoms with Gasteiger partial charge in [0.05, 0.1) is 12.0 Å². The van der Waals surface area contributed by atoms with Crippen molar-refractivity contribution >= 4 is 5.82 Å². The average Bonchev–Trinajstić information content (AvgIpc) is 2.61. The van der Waals surface area contributed by atoms with Crippen LogP contribution in [0.15, 0.2) is 6.33 Å². The van der Waals surface area contributed by atoms with Gasteiger partial charge in [0.1, 0.15) is 5.82 Å². The standard InChI is InChI=1S/C12H21N3/c1-3-15-8-14-11(12(15)13)10-6-4-9(2)5-7-10/h8-10H,3-7,13H2,1-2H3. The maximum atomic E-state index is 6.08. The van der Waals surface area contributed by atoms with Gasteiger partial charge in [-0.3, -0.25) is 0 Å². The van der Waals surface area contributed by atoms with Gasteiger partial charge >= 0.3 is 0 Å². The largest absolute Gasteiger partial charge is 0.384 e. The van der Waals surface area contributed by atoms with Gasteiger partial charge in [-0.2, -0.15) is 0 Å². The molecule has 1 heterocycles. The Morgan fingerprint density at radius 1 is 1.40 bits per heavy atom. The van der Waals surface area contributed by atoms with Crippen LogP contribution in [0, 0.1) is 5.92 Å². The number of hydrogen-bond donors (Lipinski definition) is 1. The summed E-state index contributed by atoms with van der Waals surface area (Å²) in [6.07, 6.45) is 7.03. The Balaban J connectivity index is 2.12. The van der Waals surface area contributed by atoms with E-state index >= 15 is 0 Å². The maximum Gasteiger partial charge on any atom is 0.126 e. The summed E-state index contributed by atoms with van der Waals surface area (Å²) in [7, 11) is 0. The summed E-state index contributed by atoms with van der Waals surface area (Å²) in [6.45, 7) is 5.36. The minimum Gasteiger partial charge on any atom is -0.384 e. The first-order chi connectivity index (χ1) is 7.22. The van der Waals surface area contributed by atoms with Crippen molar-refractivity contribution in [3.05, 3.63) is 12.0 Å². The first-order valence-electron chi connectivity index (χ1n) is 6.02. The van der Waals surface area contributed by atoms with E-state index in [9.17, 15) is 0 Å². The number of nitrogens with zero attached hydrogens (tertiary/aromatic N) is 2. The van der Waals surface area contributed by atoms with E-state index in [1.807, 2.05) is 10.9 Å². The van der Waals surface area contributed by atoms with E-state index in [1.54, 1.807) is 0 Å². The number of aromatic nitrogens is 2. The summed E-state index contributed by atoms with van der Waals surface area (Å²) in [5, 5.41) is 0. The third kappa shape index (κ3) is 2.01. The third-order valence-electron chi connectivity index (χ3n) is 3.65. The molecule has 84 valence electrons. The van der Waals surface area contributed by atoms with Crippen LogP contribution in [0.3, 0.4) is 0 Å². The van der Waals surface area contributed by atoms with Crippen molar-refractivity contribution < 1.29 is 0 Å². The third-order valence-corrected chi connectivity index (χ3v) is 3.65. The smallest absolute Gasteiger partial charge is 0.126 e. The van der Waals surface area contributed by atoms with Crippen molar-refractivity contribution in [2.24, 2.45) is 5.92 Å². The molecule has 2 rings (SSSR count). The van der Waals surface area contributed by atoms with Crippen LogP contribution in [-0.4, -0.2) is 9.55 Å². The fourth-order valence-corrected chi connectivity index (χ4v) is 2.51. The zero-order valence-electron chi connectivity index (χ0n) is 9.74. The maximum absolute atomic E-state index is 6.08. The monoisotopic (exact) mass is 207 g/mol. The Morgan fingerprint density at radius 2 is 2.07 bits per heavy atom. The van der Waals surface area contributed by atoms with Crippen LogP contribution >= 0.6 is 0 Å². The quantitative estimate of drug-likeness (QED) is 0.810. The molecular formula is C12H21N3. The van der Waals surface area contributed by atoms with E-state index in [0.29, 0.717) is 5.92 Å². The predicted octanol–water partition coefficient (Wildman–Crippen LogP) is 2.78. The SMILES string of the molecule is CCn1cnc(C2CCC(C)CC2)c1N. The molecule has 0 saturated heterocycles. The molecule has 1 fully saturated rings. The molecule has 0 aliphatic heterocycles. The van der Waals surface area contributed by atoms with Crippen molar-refractivity contribution in [1.82, 2.24) is 9.55 Å². The predicted molar refractivity (Wildman–Crippen MR) is 62.7 cm³/mol. The van der Waals surface area contributed by atoms with Crippen molar-refractivity contribution in [1.29, 1.82) is 0 Å². The number of nitrogen functional groups attached to an aromatic ring is 1. The van der Waals surface area contributed by atoms with Gasteiger partial charge < -0.3 is 10.3 Å². The molecule has 1 aliphatic carbocycles. The zero-order chi connectivity index (χ0) is 10.8. The molecule has 1 aromatic rings. The lowest BCUT2D eigenvalue weighted by atomic mass is 9.81. The molecule has 2 N–H and O–H groups in total. The Kier molecular flexibility index (Phi) is 2.98. The summed E-state index contributed by atoms with van der Waals surface area (Å²) in [5.74, 6) is 2.38. The van der Waals surface area contributed by atoms with Crippen LogP contribution in [0.5, 0.6) is 0 Å². The number of hydrogen-bond acceptors (Lipinski definition) is 2. The lowest BCUT2D eigenvalue weighted by Crippen LogP contribution is -2.13. The summed E-state index contributed by atoms with van der Waals surface area (Å²) in [4.78, 5) is 4.47. The van der Waals surface area contributed by atoms with Crippen molar-refractivity contribution in [2.45, 2.75) is 52.0 Å². The van der Waals surface area contributed by atoms with Gasteiger partial charge in [-0.05, 0) is 25.7 Å². The molecule has 0 amide bonds. The molecule has 1 saturated carbocycles. The molecule has 0 bridgehead atoms. The minimum atomic E-state index is 0.606. The number of rotatable bonds is 2. The Morgan fingerprint density at radius 3 is 2.60 bits per heavy atom. The lowest BCUT2D eigenvalue weighted by Gasteiger charge is -2.25. The van der Waals surface area contributed by atoms with E-state index in [1.165, 1.54) is 25.7 Å². The summed E-state index contributed by atoms with van der Waals surface area (Å²) in [6, 6.07) is 0. The van der Waals surface area contributed by atoms with Crippen LogP contribution < -0.4 is 5.73 Å². The Bertz CT molecular complexity index is 322. The van der Waals surface area contributed by atoms with Crippen molar-refractivity contribution in [2.75, 3.05) is 5.73 Å². The van der Waals surface area contributed by atoms with E-state index in [0.717, 1.165) is 24.0 Å². The van der Waals surface area contributed by atoms with Crippen LogP contribution in [-0.2, 0) is 6.54 Å². The molecule has 3 heteroatoms. The molecular weight excluding hydrogens is 186 g/mol. The second-order valence-electron chi connectivity index (χ2n) is 4.76. The first-order valence-corrected chi connectivity index (χ1v) is 6.02. The summed E-state index contributed by atoms with van der Waals surface area (Å²) >= 11 is 0. The van der Waals surface area contributed by atoms with Crippen molar-refractivity contribution in [3.63, 3.8) is 0 Å². The van der Waals surface area contributed by atoms with Gasteiger partial charge in [0.25, 0.3) is 0 Å². The van der Waals surface area contributed by atoms with Gasteiger partial charge in [0.2, 0.25) is 0 Å². The van der Waals surface area contributed by atoms with Crippen LogP contribution in [0.1, 0.15) is 51.1 Å². The number of anilines is 1. The van der Waals surface area contributed by atoms with E-state index in [-0.39, 0.29) is 0 Å². The molecule has 0 radical (unpaired) electrons. The molecule has 0 unspecified atom stereocenters. The van der Waals surface area contributed by atoms with Gasteiger partial charge in [0, 0.05) is 12.5 Å². The first kappa shape index (κ1) is 10.5. The fraction of sp³-hybridized carbons (Fsp3) is 0.750. The van der Waals surface area contributed by atoms with Crippen molar-refractivity contribution in [3.8, 4) is 0 Å². The summed E-state index contributed by atoms with van der Waals surface area (Å²) in [5.41, 5.74) is 7.22. The highest BCUT2D eigenvalue weighted by Crippen LogP contribution is 2.36. The minimum absolute atomic E-state index is 0.606. The normalized spacial score (nSPS) is 26.8. The number of imidazole rings is 1. The Hall–Kier alpha value is -0.990. The highest BCUT2D eigenvalue weighted by atomic mass is 15.1. The lowest BCUT2D eigenvalue weighted by molar-refractivity contribution is 0.345. The van der Waals surface area contributed by atoms with Gasteiger partial charge in [0.15, 0.2) is 0 Å². The highest BCUT2D eigenvalue weighted by molar-refractivity contribution is 5.38. The van der Waals surface area contributed by atoms with E-state index in [2.05, 4.69) is 18.8 Å². The van der Waals surface area contributed by atoms with Crippen LogP contribution in [0.2, 0.25) is 0 Å². The second kappa shape index (κ2) is 4.25. The Labute approximate surface area is 91.7 Å². The molecule has 3 nitrogen and oxygen atoms in total. The fourth-order valence-electron chi connectivity index (χ4n) is 2.51. The van der Waals surface area contributed by atoms with Gasteiger partial charge in [-0.15, -0.1) is 0 Å². The molecule has 1 aromatic heterocycles. The molecule has 15 heavy (non-hydrogen) atoms.